The van der Waals surface area contributed by atoms with Crippen LogP contribution in [0.1, 0.15) is 11.3 Å². The standard InChI is InChI=1S/C11H13NO3S2/c13-11(4-3-10-2-1-6-16-10)12-9-5-7-17(14,15)8-9/h1-4,6,9H,5,7-8H2,(H,12,13)/b4-3+. The maximum Gasteiger partial charge on any atom is 0.244 e. The van der Waals surface area contributed by atoms with Gasteiger partial charge in [-0.3, -0.25) is 4.79 Å². The summed E-state index contributed by atoms with van der Waals surface area (Å²) >= 11 is 1.54. The lowest BCUT2D eigenvalue weighted by Crippen LogP contribution is -2.34. The number of nitrogens with one attached hydrogen (secondary N) is 1. The summed E-state index contributed by atoms with van der Waals surface area (Å²) < 4.78 is 22.4. The van der Waals surface area contributed by atoms with Crippen LogP contribution in [0, 0.1) is 0 Å². The third kappa shape index (κ3) is 3.67. The Kier molecular flexibility index (Phi) is 3.63. The lowest BCUT2D eigenvalue weighted by molar-refractivity contribution is -0.116. The molecule has 1 atom stereocenters. The molecule has 1 aromatic rings. The summed E-state index contributed by atoms with van der Waals surface area (Å²) in [4.78, 5) is 12.5. The van der Waals surface area contributed by atoms with Crippen molar-refractivity contribution in [3.63, 3.8) is 0 Å². The molecule has 1 unspecified atom stereocenters. The third-order valence-corrected chi connectivity index (χ3v) is 5.13. The lowest BCUT2D eigenvalue weighted by Gasteiger charge is -2.07. The highest BCUT2D eigenvalue weighted by atomic mass is 32.2. The largest absolute Gasteiger partial charge is 0.349 e. The number of hydrogen-bond donors (Lipinski definition) is 1. The minimum absolute atomic E-state index is 0.0611. The van der Waals surface area contributed by atoms with E-state index < -0.39 is 9.84 Å². The van der Waals surface area contributed by atoms with Gasteiger partial charge in [-0.05, 0) is 23.9 Å². The predicted octanol–water partition coefficient (Wildman–Crippen LogP) is 1.06. The van der Waals surface area contributed by atoms with E-state index >= 15 is 0 Å². The second-order valence-corrected chi connectivity index (χ2v) is 7.17. The van der Waals surface area contributed by atoms with E-state index in [1.807, 2.05) is 17.5 Å². The van der Waals surface area contributed by atoms with E-state index in [1.54, 1.807) is 17.4 Å². The SMILES string of the molecule is O=C(/C=C/c1cccs1)NC1CCS(=O)(=O)C1. The molecular formula is C11H13NO3S2. The fourth-order valence-corrected chi connectivity index (χ4v) is 3.99. The molecule has 17 heavy (non-hydrogen) atoms. The highest BCUT2D eigenvalue weighted by Gasteiger charge is 2.28. The Hall–Kier alpha value is -1.14. The van der Waals surface area contributed by atoms with Gasteiger partial charge in [0.2, 0.25) is 5.91 Å². The molecule has 1 aliphatic heterocycles. The second-order valence-electron chi connectivity index (χ2n) is 3.96. The van der Waals surface area contributed by atoms with E-state index in [4.69, 9.17) is 0 Å². The molecule has 4 nitrogen and oxygen atoms in total. The Morgan fingerprint density at radius 2 is 2.35 bits per heavy atom. The van der Waals surface area contributed by atoms with E-state index in [0.29, 0.717) is 6.42 Å². The molecule has 1 amide bonds. The van der Waals surface area contributed by atoms with Gasteiger partial charge < -0.3 is 5.32 Å². The zero-order valence-electron chi connectivity index (χ0n) is 9.13. The number of rotatable bonds is 3. The van der Waals surface area contributed by atoms with Crippen LogP contribution in [-0.2, 0) is 14.6 Å². The Bertz CT molecular complexity index is 517. The number of carbonyl (C=O) groups excluding carboxylic acids is 1. The van der Waals surface area contributed by atoms with Crippen LogP contribution in [-0.4, -0.2) is 31.9 Å². The van der Waals surface area contributed by atoms with Crippen LogP contribution in [0.2, 0.25) is 0 Å². The highest BCUT2D eigenvalue weighted by molar-refractivity contribution is 7.91. The van der Waals surface area contributed by atoms with Crippen LogP contribution in [0.5, 0.6) is 0 Å². The molecule has 1 fully saturated rings. The summed E-state index contributed by atoms with van der Waals surface area (Å²) in [6.07, 6.45) is 3.68. The fourth-order valence-electron chi connectivity index (χ4n) is 1.70. The average Bonchev–Trinajstić information content (AvgIpc) is 2.85. The zero-order valence-corrected chi connectivity index (χ0v) is 10.8. The molecule has 0 radical (unpaired) electrons. The molecule has 1 N–H and O–H groups in total. The maximum atomic E-state index is 11.5. The summed E-state index contributed by atoms with van der Waals surface area (Å²) in [6.45, 7) is 0. The van der Waals surface area contributed by atoms with Crippen molar-refractivity contribution < 1.29 is 13.2 Å². The van der Waals surface area contributed by atoms with Crippen molar-refractivity contribution >= 4 is 33.2 Å². The average molecular weight is 271 g/mol. The van der Waals surface area contributed by atoms with Crippen molar-refractivity contribution in [2.75, 3.05) is 11.5 Å². The Labute approximate surface area is 104 Å². The number of thiophene rings is 1. The highest BCUT2D eigenvalue weighted by Crippen LogP contribution is 2.12. The number of sulfone groups is 1. The monoisotopic (exact) mass is 271 g/mol. The van der Waals surface area contributed by atoms with E-state index in [1.165, 1.54) is 6.08 Å². The molecule has 1 aromatic heterocycles. The third-order valence-electron chi connectivity index (χ3n) is 2.52. The summed E-state index contributed by atoms with van der Waals surface area (Å²) in [5.41, 5.74) is 0. The molecule has 0 bridgehead atoms. The van der Waals surface area contributed by atoms with Gasteiger partial charge in [-0.25, -0.2) is 8.42 Å². The van der Waals surface area contributed by atoms with Crippen LogP contribution in [0.3, 0.4) is 0 Å². The molecule has 2 heterocycles. The van der Waals surface area contributed by atoms with Gasteiger partial charge in [0.05, 0.1) is 11.5 Å². The van der Waals surface area contributed by atoms with Crippen molar-refractivity contribution in [1.29, 1.82) is 0 Å². The van der Waals surface area contributed by atoms with Crippen LogP contribution in [0.4, 0.5) is 0 Å². The zero-order chi connectivity index (χ0) is 12.3. The smallest absolute Gasteiger partial charge is 0.244 e. The first-order valence-corrected chi connectivity index (χ1v) is 7.98. The minimum Gasteiger partial charge on any atom is -0.349 e. The minimum atomic E-state index is -2.94. The first-order valence-electron chi connectivity index (χ1n) is 5.28. The van der Waals surface area contributed by atoms with Crippen LogP contribution >= 0.6 is 11.3 Å². The van der Waals surface area contributed by atoms with Gasteiger partial charge in [-0.15, -0.1) is 11.3 Å². The van der Waals surface area contributed by atoms with Crippen molar-refractivity contribution in [1.82, 2.24) is 5.32 Å². The van der Waals surface area contributed by atoms with Crippen molar-refractivity contribution in [2.24, 2.45) is 0 Å². The van der Waals surface area contributed by atoms with Gasteiger partial charge in [-0.1, -0.05) is 6.07 Å². The molecule has 2 rings (SSSR count). The molecule has 1 aliphatic rings. The lowest BCUT2D eigenvalue weighted by atomic mass is 10.2. The Morgan fingerprint density at radius 3 is 2.94 bits per heavy atom. The maximum absolute atomic E-state index is 11.5. The van der Waals surface area contributed by atoms with Gasteiger partial charge in [0.1, 0.15) is 0 Å². The summed E-state index contributed by atoms with van der Waals surface area (Å²) in [5, 5.41) is 4.63. The summed E-state index contributed by atoms with van der Waals surface area (Å²) in [6, 6.07) is 3.58. The van der Waals surface area contributed by atoms with E-state index in [9.17, 15) is 13.2 Å². The molecule has 1 saturated heterocycles. The molecule has 0 spiro atoms. The summed E-state index contributed by atoms with van der Waals surface area (Å²) in [7, 11) is -2.94. The van der Waals surface area contributed by atoms with Crippen LogP contribution < -0.4 is 5.32 Å². The quantitative estimate of drug-likeness (QED) is 0.836. The summed E-state index contributed by atoms with van der Waals surface area (Å²) in [5.74, 6) is -0.00135. The molecule has 0 aliphatic carbocycles. The molecule has 0 saturated carbocycles. The molecule has 92 valence electrons. The van der Waals surface area contributed by atoms with Crippen molar-refractivity contribution in [3.05, 3.63) is 28.5 Å². The van der Waals surface area contributed by atoms with Gasteiger partial charge in [0.25, 0.3) is 0 Å². The number of carbonyl (C=O) groups is 1. The first-order chi connectivity index (χ1) is 8.05. The van der Waals surface area contributed by atoms with Gasteiger partial charge in [0.15, 0.2) is 9.84 Å². The normalized spacial score (nSPS) is 22.9. The van der Waals surface area contributed by atoms with Gasteiger partial charge >= 0.3 is 0 Å². The Morgan fingerprint density at radius 1 is 1.53 bits per heavy atom. The van der Waals surface area contributed by atoms with Gasteiger partial charge in [0, 0.05) is 17.0 Å². The van der Waals surface area contributed by atoms with Crippen molar-refractivity contribution in [3.8, 4) is 0 Å². The number of amides is 1. The molecule has 6 heteroatoms. The van der Waals surface area contributed by atoms with E-state index in [2.05, 4.69) is 5.32 Å². The topological polar surface area (TPSA) is 63.2 Å². The molecule has 0 aromatic carbocycles. The van der Waals surface area contributed by atoms with Gasteiger partial charge in [-0.2, -0.15) is 0 Å². The Balaban J connectivity index is 1.86. The second kappa shape index (κ2) is 5.01. The van der Waals surface area contributed by atoms with Crippen molar-refractivity contribution in [2.45, 2.75) is 12.5 Å². The predicted molar refractivity (Wildman–Crippen MR) is 68.6 cm³/mol. The van der Waals surface area contributed by atoms with E-state index in [0.717, 1.165) is 4.88 Å². The van der Waals surface area contributed by atoms with Crippen LogP contribution in [0.15, 0.2) is 23.6 Å². The number of hydrogen-bond acceptors (Lipinski definition) is 4. The fraction of sp³-hybridized carbons (Fsp3) is 0.364. The first kappa shape index (κ1) is 12.3. The van der Waals surface area contributed by atoms with E-state index in [-0.39, 0.29) is 23.5 Å². The molecular weight excluding hydrogens is 258 g/mol. The van der Waals surface area contributed by atoms with Crippen LogP contribution in [0.25, 0.3) is 6.08 Å².